The van der Waals surface area contributed by atoms with Gasteiger partial charge in [-0.1, -0.05) is 17.7 Å². The topological polar surface area (TPSA) is 92.5 Å². The second-order valence-corrected chi connectivity index (χ2v) is 8.90. The zero-order chi connectivity index (χ0) is 20.6. The average molecular weight is 438 g/mol. The van der Waals surface area contributed by atoms with E-state index in [1.165, 1.54) is 24.3 Å². The third-order valence-electron chi connectivity index (χ3n) is 4.74. The van der Waals surface area contributed by atoms with Gasteiger partial charge in [-0.2, -0.15) is 4.31 Å². The molecule has 152 valence electrons. The van der Waals surface area contributed by atoms with E-state index in [1.807, 2.05) is 0 Å². The van der Waals surface area contributed by atoms with Gasteiger partial charge in [0.15, 0.2) is 0 Å². The second-order valence-electron chi connectivity index (χ2n) is 6.69. The van der Waals surface area contributed by atoms with E-state index in [2.05, 4.69) is 10.3 Å². The van der Waals surface area contributed by atoms with Crippen molar-refractivity contribution in [3.8, 4) is 0 Å². The minimum atomic E-state index is -4.05. The molecule has 2 aromatic heterocycles. The van der Waals surface area contributed by atoms with Gasteiger partial charge in [-0.3, -0.25) is 4.79 Å². The van der Waals surface area contributed by atoms with Gasteiger partial charge in [-0.25, -0.2) is 17.8 Å². The second kappa shape index (κ2) is 7.74. The highest BCUT2D eigenvalue weighted by Gasteiger charge is 2.41. The molecule has 7 nitrogen and oxygen atoms in total. The number of nitrogens with one attached hydrogen (secondary N) is 1. The standard InChI is InChI=1S/C19H17ClFN3O4S/c20-17-5-1-3-14(23-17)11-22-19(25)15-4-2-8-24(15)29(26,27)18-10-12-9-13(21)6-7-16(12)28-18/h1,3,5-7,9-10,15H,2,4,8,11H2,(H,22,25)/t15-/m0/s1. The number of rotatable bonds is 5. The summed E-state index contributed by atoms with van der Waals surface area (Å²) in [6.45, 7) is 0.328. The first-order valence-corrected chi connectivity index (χ1v) is 10.8. The zero-order valence-corrected chi connectivity index (χ0v) is 16.7. The molecular weight excluding hydrogens is 421 g/mol. The largest absolute Gasteiger partial charge is 0.443 e. The number of benzene rings is 1. The van der Waals surface area contributed by atoms with Crippen molar-refractivity contribution in [2.24, 2.45) is 0 Å². The van der Waals surface area contributed by atoms with E-state index in [0.717, 1.165) is 4.31 Å². The number of amides is 1. The van der Waals surface area contributed by atoms with Crippen LogP contribution in [-0.2, 0) is 21.4 Å². The molecule has 0 unspecified atom stereocenters. The molecule has 1 atom stereocenters. The molecule has 1 aromatic carbocycles. The van der Waals surface area contributed by atoms with E-state index in [0.29, 0.717) is 29.1 Å². The summed E-state index contributed by atoms with van der Waals surface area (Å²) in [5, 5.41) is 3.05. The molecule has 0 saturated carbocycles. The third-order valence-corrected chi connectivity index (χ3v) is 6.72. The van der Waals surface area contributed by atoms with E-state index in [-0.39, 0.29) is 23.8 Å². The maximum absolute atomic E-state index is 13.4. The smallest absolute Gasteiger partial charge is 0.277 e. The van der Waals surface area contributed by atoms with Crippen LogP contribution in [0.25, 0.3) is 11.0 Å². The number of halogens is 2. The molecule has 1 N–H and O–H groups in total. The highest BCUT2D eigenvalue weighted by atomic mass is 35.5. The third kappa shape index (κ3) is 3.98. The summed E-state index contributed by atoms with van der Waals surface area (Å²) < 4.78 is 46.0. The van der Waals surface area contributed by atoms with Gasteiger partial charge in [0.05, 0.1) is 12.2 Å². The molecule has 0 spiro atoms. The lowest BCUT2D eigenvalue weighted by atomic mass is 10.2. The molecule has 1 amide bonds. The number of furan rings is 1. The zero-order valence-electron chi connectivity index (χ0n) is 15.1. The van der Waals surface area contributed by atoms with Crippen LogP contribution in [0, 0.1) is 5.82 Å². The van der Waals surface area contributed by atoms with Gasteiger partial charge in [0.25, 0.3) is 10.0 Å². The monoisotopic (exact) mass is 437 g/mol. The summed E-state index contributed by atoms with van der Waals surface area (Å²) in [6.07, 6.45) is 0.935. The van der Waals surface area contributed by atoms with Crippen LogP contribution in [0.2, 0.25) is 5.15 Å². The molecule has 0 aliphatic carbocycles. The van der Waals surface area contributed by atoms with Crippen molar-refractivity contribution in [1.29, 1.82) is 0 Å². The summed E-state index contributed by atoms with van der Waals surface area (Å²) in [5.41, 5.74) is 0.828. The SMILES string of the molecule is O=C(NCc1cccc(Cl)n1)[C@@H]1CCCN1S(=O)(=O)c1cc2cc(F)ccc2o1. The van der Waals surface area contributed by atoms with Crippen LogP contribution >= 0.6 is 11.6 Å². The van der Waals surface area contributed by atoms with E-state index >= 15 is 0 Å². The lowest BCUT2D eigenvalue weighted by molar-refractivity contribution is -0.124. The molecule has 1 aliphatic rings. The molecule has 3 heterocycles. The van der Waals surface area contributed by atoms with Gasteiger partial charge in [-0.15, -0.1) is 0 Å². The Balaban J connectivity index is 1.53. The summed E-state index contributed by atoms with van der Waals surface area (Å²) in [7, 11) is -4.05. The normalized spacial score (nSPS) is 17.7. The number of nitrogens with zero attached hydrogens (tertiary/aromatic N) is 2. The average Bonchev–Trinajstić information content (AvgIpc) is 3.33. The van der Waals surface area contributed by atoms with Crippen LogP contribution in [0.4, 0.5) is 4.39 Å². The van der Waals surface area contributed by atoms with Crippen molar-refractivity contribution in [2.45, 2.75) is 30.5 Å². The Labute approximate surface area is 171 Å². The van der Waals surface area contributed by atoms with Crippen LogP contribution in [0.3, 0.4) is 0 Å². The first-order valence-electron chi connectivity index (χ1n) is 8.95. The van der Waals surface area contributed by atoms with Crippen molar-refractivity contribution in [2.75, 3.05) is 6.54 Å². The van der Waals surface area contributed by atoms with Crippen LogP contribution in [0.15, 0.2) is 52.0 Å². The minimum absolute atomic E-state index is 0.133. The van der Waals surface area contributed by atoms with Crippen molar-refractivity contribution < 1.29 is 22.0 Å². The van der Waals surface area contributed by atoms with Gasteiger partial charge in [-0.05, 0) is 43.2 Å². The van der Waals surface area contributed by atoms with Crippen LogP contribution < -0.4 is 5.32 Å². The molecular formula is C19H17ClFN3O4S. The quantitative estimate of drug-likeness (QED) is 0.619. The first-order chi connectivity index (χ1) is 13.8. The van der Waals surface area contributed by atoms with Crippen LogP contribution in [-0.4, -0.2) is 36.2 Å². The highest BCUT2D eigenvalue weighted by Crippen LogP contribution is 2.30. The summed E-state index contributed by atoms with van der Waals surface area (Å²) in [5.74, 6) is -0.912. The fourth-order valence-corrected chi connectivity index (χ4v) is 5.16. The maximum atomic E-state index is 13.4. The fourth-order valence-electron chi connectivity index (χ4n) is 3.37. The number of carbonyl (C=O) groups excluding carboxylic acids is 1. The molecule has 3 aromatic rings. The molecule has 0 bridgehead atoms. The van der Waals surface area contributed by atoms with Crippen molar-refractivity contribution >= 4 is 38.5 Å². The first kappa shape index (κ1) is 19.8. The molecule has 29 heavy (non-hydrogen) atoms. The van der Waals surface area contributed by atoms with Gasteiger partial charge < -0.3 is 9.73 Å². The molecule has 4 rings (SSSR count). The predicted molar refractivity (Wildman–Crippen MR) is 104 cm³/mol. The van der Waals surface area contributed by atoms with Crippen LogP contribution in [0.1, 0.15) is 18.5 Å². The minimum Gasteiger partial charge on any atom is -0.443 e. The Bertz CT molecular complexity index is 1180. The Kier molecular flexibility index (Phi) is 5.28. The summed E-state index contributed by atoms with van der Waals surface area (Å²) in [4.78, 5) is 16.7. The molecule has 1 aliphatic heterocycles. The highest BCUT2D eigenvalue weighted by molar-refractivity contribution is 7.89. The number of carbonyl (C=O) groups is 1. The van der Waals surface area contributed by atoms with E-state index in [1.54, 1.807) is 18.2 Å². The number of hydrogen-bond donors (Lipinski definition) is 1. The van der Waals surface area contributed by atoms with Gasteiger partial charge >= 0.3 is 0 Å². The number of aromatic nitrogens is 1. The Morgan fingerprint density at radius 1 is 1.31 bits per heavy atom. The van der Waals surface area contributed by atoms with Crippen molar-refractivity contribution in [1.82, 2.24) is 14.6 Å². The molecule has 1 fully saturated rings. The molecule has 0 radical (unpaired) electrons. The number of pyridine rings is 1. The van der Waals surface area contributed by atoms with Gasteiger partial charge in [0.1, 0.15) is 22.6 Å². The Morgan fingerprint density at radius 2 is 2.14 bits per heavy atom. The summed E-state index contributed by atoms with van der Waals surface area (Å²) in [6, 6.07) is 9.23. The molecule has 1 saturated heterocycles. The lowest BCUT2D eigenvalue weighted by Gasteiger charge is -2.22. The van der Waals surface area contributed by atoms with Gasteiger partial charge in [0, 0.05) is 18.0 Å². The van der Waals surface area contributed by atoms with E-state index in [4.69, 9.17) is 16.0 Å². The van der Waals surface area contributed by atoms with Crippen LogP contribution in [0.5, 0.6) is 0 Å². The van der Waals surface area contributed by atoms with Crippen molar-refractivity contribution in [3.63, 3.8) is 0 Å². The van der Waals surface area contributed by atoms with E-state index < -0.39 is 27.8 Å². The summed E-state index contributed by atoms with van der Waals surface area (Å²) >= 11 is 5.84. The lowest BCUT2D eigenvalue weighted by Crippen LogP contribution is -2.45. The van der Waals surface area contributed by atoms with Gasteiger partial charge in [0.2, 0.25) is 11.0 Å². The predicted octanol–water partition coefficient (Wildman–Crippen LogP) is 3.09. The Hall–Kier alpha value is -2.49. The Morgan fingerprint density at radius 3 is 2.93 bits per heavy atom. The number of fused-ring (bicyclic) bond motifs is 1. The number of sulfonamides is 1. The number of hydrogen-bond acceptors (Lipinski definition) is 5. The van der Waals surface area contributed by atoms with E-state index in [9.17, 15) is 17.6 Å². The fraction of sp³-hybridized carbons (Fsp3) is 0.263. The maximum Gasteiger partial charge on any atom is 0.277 e. The molecule has 10 heteroatoms. The van der Waals surface area contributed by atoms with Crippen molar-refractivity contribution in [3.05, 3.63) is 59.1 Å².